The Morgan fingerprint density at radius 1 is 1.33 bits per heavy atom. The second-order valence-corrected chi connectivity index (χ2v) is 4.84. The fourth-order valence-corrected chi connectivity index (χ4v) is 2.71. The maximum Gasteiger partial charge on any atom is 0.307 e. The summed E-state index contributed by atoms with van der Waals surface area (Å²) in [5, 5.41) is 21.1. The molecule has 1 aliphatic heterocycles. The van der Waals surface area contributed by atoms with Crippen molar-refractivity contribution in [3.63, 3.8) is 0 Å². The third-order valence-electron chi connectivity index (χ3n) is 2.55. The third-order valence-corrected chi connectivity index (χ3v) is 3.55. The van der Waals surface area contributed by atoms with Crippen LogP contribution in [-0.2, 0) is 14.4 Å². The van der Waals surface area contributed by atoms with Crippen LogP contribution in [0.4, 0.5) is 0 Å². The minimum Gasteiger partial charge on any atom is -0.481 e. The molecule has 8 nitrogen and oxygen atoms in total. The number of carboxylic acid groups (broad SMARTS) is 2. The van der Waals surface area contributed by atoms with E-state index in [1.807, 2.05) is 0 Å². The quantitative estimate of drug-likeness (QED) is 0.631. The van der Waals surface area contributed by atoms with Gasteiger partial charge in [0.15, 0.2) is 5.78 Å². The standard InChI is InChI=1S/C9H12N2O6S/c12-7(6-3-18-4-11(6)10-17)1-5(9(15)16)2-8(13)14/h5-6H,1-4H2,(H,13,14)(H,15,16). The highest BCUT2D eigenvalue weighted by molar-refractivity contribution is 7.99. The molecule has 0 spiro atoms. The van der Waals surface area contributed by atoms with Crippen molar-refractivity contribution in [3.8, 4) is 0 Å². The van der Waals surface area contributed by atoms with Crippen LogP contribution in [0.5, 0.6) is 0 Å². The normalized spacial score (nSPS) is 20.4. The summed E-state index contributed by atoms with van der Waals surface area (Å²) in [4.78, 5) is 43.5. The van der Waals surface area contributed by atoms with Crippen molar-refractivity contribution in [2.75, 3.05) is 11.6 Å². The number of hydrogen-bond donors (Lipinski definition) is 2. The van der Waals surface area contributed by atoms with Crippen molar-refractivity contribution >= 4 is 29.5 Å². The number of nitrogens with zero attached hydrogens (tertiary/aromatic N) is 2. The van der Waals surface area contributed by atoms with Crippen LogP contribution in [0.25, 0.3) is 0 Å². The van der Waals surface area contributed by atoms with Gasteiger partial charge in [0.05, 0.1) is 23.5 Å². The summed E-state index contributed by atoms with van der Waals surface area (Å²) < 4.78 is 0. The van der Waals surface area contributed by atoms with Crippen LogP contribution in [0.1, 0.15) is 12.8 Å². The van der Waals surface area contributed by atoms with E-state index in [0.29, 0.717) is 5.75 Å². The third kappa shape index (κ3) is 3.69. The van der Waals surface area contributed by atoms with Gasteiger partial charge in [0, 0.05) is 12.2 Å². The van der Waals surface area contributed by atoms with Crippen molar-refractivity contribution in [1.82, 2.24) is 5.01 Å². The molecule has 0 saturated carbocycles. The number of carboxylic acids is 2. The van der Waals surface area contributed by atoms with E-state index in [0.717, 1.165) is 5.01 Å². The zero-order chi connectivity index (χ0) is 13.7. The lowest BCUT2D eigenvalue weighted by Gasteiger charge is -2.17. The molecule has 1 fully saturated rings. The van der Waals surface area contributed by atoms with Crippen molar-refractivity contribution in [3.05, 3.63) is 4.91 Å². The van der Waals surface area contributed by atoms with E-state index in [-0.39, 0.29) is 5.88 Å². The molecule has 1 heterocycles. The topological polar surface area (TPSA) is 124 Å². The summed E-state index contributed by atoms with van der Waals surface area (Å²) in [6.07, 6.45) is -1.02. The van der Waals surface area contributed by atoms with Gasteiger partial charge in [-0.2, -0.15) is 0 Å². The molecule has 2 atom stereocenters. The van der Waals surface area contributed by atoms with Crippen molar-refractivity contribution in [2.45, 2.75) is 18.9 Å². The molecule has 0 aliphatic carbocycles. The molecule has 9 heteroatoms. The van der Waals surface area contributed by atoms with Gasteiger partial charge in [-0.3, -0.25) is 14.4 Å². The number of Topliss-reactive ketones (excluding diaryl/α,β-unsaturated/α-hetero) is 1. The number of thioether (sulfide) groups is 1. The van der Waals surface area contributed by atoms with Gasteiger partial charge in [0.1, 0.15) is 6.04 Å². The predicted octanol–water partition coefficient (Wildman–Crippen LogP) is 0.177. The average molecular weight is 276 g/mol. The van der Waals surface area contributed by atoms with Crippen molar-refractivity contribution < 1.29 is 24.6 Å². The Balaban J connectivity index is 2.63. The average Bonchev–Trinajstić information content (AvgIpc) is 2.75. The largest absolute Gasteiger partial charge is 0.481 e. The number of ketones is 1. The molecule has 0 amide bonds. The molecule has 100 valence electrons. The van der Waals surface area contributed by atoms with Gasteiger partial charge in [-0.05, 0) is 0 Å². The molecule has 1 saturated heterocycles. The molecule has 0 bridgehead atoms. The molecule has 2 unspecified atom stereocenters. The van der Waals surface area contributed by atoms with E-state index < -0.39 is 42.5 Å². The van der Waals surface area contributed by atoms with E-state index in [4.69, 9.17) is 10.2 Å². The predicted molar refractivity (Wildman–Crippen MR) is 61.7 cm³/mol. The van der Waals surface area contributed by atoms with Gasteiger partial charge in [-0.1, -0.05) is 0 Å². The number of nitroso groups, excluding NO2 is 1. The molecular weight excluding hydrogens is 264 g/mol. The number of aliphatic carboxylic acids is 2. The Morgan fingerprint density at radius 3 is 2.50 bits per heavy atom. The van der Waals surface area contributed by atoms with Gasteiger partial charge in [-0.25, -0.2) is 5.01 Å². The minimum atomic E-state index is -1.33. The highest BCUT2D eigenvalue weighted by atomic mass is 32.2. The summed E-state index contributed by atoms with van der Waals surface area (Å²) in [5.41, 5.74) is 0. The summed E-state index contributed by atoms with van der Waals surface area (Å²) in [7, 11) is 0. The molecule has 0 aromatic rings. The second kappa shape index (κ2) is 6.34. The lowest BCUT2D eigenvalue weighted by Crippen LogP contribution is -2.36. The zero-order valence-corrected chi connectivity index (χ0v) is 10.1. The molecule has 18 heavy (non-hydrogen) atoms. The Hall–Kier alpha value is -1.64. The monoisotopic (exact) mass is 276 g/mol. The smallest absolute Gasteiger partial charge is 0.307 e. The van der Waals surface area contributed by atoms with E-state index >= 15 is 0 Å². The van der Waals surface area contributed by atoms with Crippen LogP contribution in [0.3, 0.4) is 0 Å². The molecule has 1 rings (SSSR count). The van der Waals surface area contributed by atoms with Crippen LogP contribution < -0.4 is 0 Å². The highest BCUT2D eigenvalue weighted by Crippen LogP contribution is 2.24. The van der Waals surface area contributed by atoms with Crippen molar-refractivity contribution in [1.29, 1.82) is 0 Å². The first-order valence-electron chi connectivity index (χ1n) is 5.10. The number of carbonyl (C=O) groups is 3. The fourth-order valence-electron chi connectivity index (χ4n) is 1.61. The van der Waals surface area contributed by atoms with Gasteiger partial charge < -0.3 is 10.2 Å². The first-order chi connectivity index (χ1) is 8.45. The van der Waals surface area contributed by atoms with E-state index in [2.05, 4.69) is 5.29 Å². The lowest BCUT2D eigenvalue weighted by atomic mass is 9.96. The maximum atomic E-state index is 11.8. The summed E-state index contributed by atoms with van der Waals surface area (Å²) >= 11 is 1.34. The van der Waals surface area contributed by atoms with Crippen LogP contribution in [0, 0.1) is 10.8 Å². The van der Waals surface area contributed by atoms with Crippen LogP contribution >= 0.6 is 11.8 Å². The minimum absolute atomic E-state index is 0.288. The lowest BCUT2D eigenvalue weighted by molar-refractivity contribution is -0.149. The van der Waals surface area contributed by atoms with Crippen LogP contribution in [0.15, 0.2) is 5.29 Å². The fraction of sp³-hybridized carbons (Fsp3) is 0.667. The van der Waals surface area contributed by atoms with Crippen molar-refractivity contribution in [2.24, 2.45) is 11.2 Å². The molecular formula is C9H12N2O6S. The molecule has 2 N–H and O–H groups in total. The summed E-state index contributed by atoms with van der Waals surface area (Å²) in [6.45, 7) is 0. The molecule has 0 aromatic carbocycles. The van der Waals surface area contributed by atoms with Gasteiger partial charge in [0.2, 0.25) is 0 Å². The Bertz CT molecular complexity index is 374. The zero-order valence-electron chi connectivity index (χ0n) is 9.31. The number of carbonyl (C=O) groups excluding carboxylic acids is 1. The Labute approximate surface area is 106 Å². The number of rotatable bonds is 7. The summed E-state index contributed by atoms with van der Waals surface area (Å²) in [6, 6.07) is -0.747. The molecule has 0 radical (unpaired) electrons. The van der Waals surface area contributed by atoms with Gasteiger partial charge in [-0.15, -0.1) is 16.7 Å². The van der Waals surface area contributed by atoms with E-state index in [1.54, 1.807) is 0 Å². The number of hydrogen-bond acceptors (Lipinski definition) is 6. The first-order valence-corrected chi connectivity index (χ1v) is 6.26. The highest BCUT2D eigenvalue weighted by Gasteiger charge is 2.34. The van der Waals surface area contributed by atoms with Crippen LogP contribution in [0.2, 0.25) is 0 Å². The SMILES string of the molecule is O=NN1CSCC1C(=O)CC(CC(=O)O)C(=O)O. The van der Waals surface area contributed by atoms with Crippen LogP contribution in [-0.4, -0.2) is 50.6 Å². The second-order valence-electron chi connectivity index (χ2n) is 3.84. The Kier molecular flexibility index (Phi) is 5.08. The van der Waals surface area contributed by atoms with E-state index in [1.165, 1.54) is 11.8 Å². The van der Waals surface area contributed by atoms with Gasteiger partial charge >= 0.3 is 11.9 Å². The van der Waals surface area contributed by atoms with Gasteiger partial charge in [0.25, 0.3) is 0 Å². The van der Waals surface area contributed by atoms with E-state index in [9.17, 15) is 19.3 Å². The molecule has 0 aromatic heterocycles. The first kappa shape index (κ1) is 14.4. The molecule has 1 aliphatic rings. The summed E-state index contributed by atoms with van der Waals surface area (Å²) in [5.74, 6) is -3.69. The maximum absolute atomic E-state index is 11.8. The Morgan fingerprint density at radius 2 is 2.00 bits per heavy atom.